The summed E-state index contributed by atoms with van der Waals surface area (Å²) in [6, 6.07) is 14.5. The van der Waals surface area contributed by atoms with Crippen molar-refractivity contribution in [1.82, 2.24) is 10.1 Å². The second-order valence-corrected chi connectivity index (χ2v) is 10.1. The van der Waals surface area contributed by atoms with E-state index >= 15 is 0 Å². The van der Waals surface area contributed by atoms with E-state index in [1.165, 1.54) is 30.5 Å². The molecule has 0 aliphatic heterocycles. The van der Waals surface area contributed by atoms with Crippen molar-refractivity contribution in [2.45, 2.75) is 38.1 Å². The summed E-state index contributed by atoms with van der Waals surface area (Å²) in [5.74, 6) is 0.117. The molecule has 0 aliphatic rings. The molecule has 1 aromatic heterocycles. The molecule has 0 bridgehead atoms. The summed E-state index contributed by atoms with van der Waals surface area (Å²) in [6.45, 7) is 5.60. The van der Waals surface area contributed by atoms with Crippen molar-refractivity contribution in [3.05, 3.63) is 82.1 Å². The van der Waals surface area contributed by atoms with Crippen LogP contribution in [0.15, 0.2) is 75.1 Å². The molecule has 0 saturated carbocycles. The lowest BCUT2D eigenvalue weighted by molar-refractivity contribution is -0.384. The number of hydrogen-bond acceptors (Lipinski definition) is 7. The van der Waals surface area contributed by atoms with E-state index in [9.17, 15) is 23.3 Å². The number of sulfonamides is 1. The fourth-order valence-corrected chi connectivity index (χ4v) is 4.45. The molecule has 35 heavy (non-hydrogen) atoms. The fourth-order valence-electron chi connectivity index (χ4n) is 3.24. The van der Waals surface area contributed by atoms with Crippen LogP contribution in [0.2, 0.25) is 0 Å². The highest BCUT2D eigenvalue weighted by Crippen LogP contribution is 2.25. The van der Waals surface area contributed by atoms with E-state index in [-0.39, 0.29) is 22.9 Å². The monoisotopic (exact) mass is 498 g/mol. The minimum Gasteiger partial charge on any atom is -0.455 e. The van der Waals surface area contributed by atoms with Gasteiger partial charge in [-0.25, -0.2) is 13.8 Å². The lowest BCUT2D eigenvalue weighted by Crippen LogP contribution is -2.46. The van der Waals surface area contributed by atoms with Gasteiger partial charge in [0.15, 0.2) is 0 Å². The number of furan rings is 1. The molecule has 184 valence electrons. The van der Waals surface area contributed by atoms with Crippen LogP contribution in [0.25, 0.3) is 11.3 Å². The van der Waals surface area contributed by atoms with E-state index < -0.39 is 26.9 Å². The van der Waals surface area contributed by atoms with Crippen molar-refractivity contribution in [3.63, 3.8) is 0 Å². The zero-order valence-electron chi connectivity index (χ0n) is 19.5. The van der Waals surface area contributed by atoms with Gasteiger partial charge in [0.2, 0.25) is 10.0 Å². The predicted molar refractivity (Wildman–Crippen MR) is 131 cm³/mol. The number of benzene rings is 2. The molecule has 3 rings (SSSR count). The van der Waals surface area contributed by atoms with Crippen molar-refractivity contribution in [1.29, 1.82) is 0 Å². The third-order valence-electron chi connectivity index (χ3n) is 4.99. The average Bonchev–Trinajstić information content (AvgIpc) is 3.27. The molecule has 11 heteroatoms. The molecular formula is C24H26N4O6S. The highest BCUT2D eigenvalue weighted by atomic mass is 32.2. The minimum atomic E-state index is -3.91. The Kier molecular flexibility index (Phi) is 8.15. The number of amides is 1. The van der Waals surface area contributed by atoms with Gasteiger partial charge < -0.3 is 4.42 Å². The first-order valence-corrected chi connectivity index (χ1v) is 12.3. The van der Waals surface area contributed by atoms with Gasteiger partial charge in [0.1, 0.15) is 17.6 Å². The predicted octanol–water partition coefficient (Wildman–Crippen LogP) is 4.01. The van der Waals surface area contributed by atoms with E-state index in [0.717, 1.165) is 5.56 Å². The minimum absolute atomic E-state index is 0.0398. The fraction of sp³-hybridized carbons (Fsp3) is 0.250. The number of nitro groups is 1. The number of hydrogen-bond donors (Lipinski definition) is 2. The number of nitrogens with zero attached hydrogens (tertiary/aromatic N) is 2. The Balaban J connectivity index is 1.69. The number of rotatable bonds is 10. The molecular weight excluding hydrogens is 472 g/mol. The Morgan fingerprint density at radius 2 is 1.86 bits per heavy atom. The molecule has 0 fully saturated rings. The van der Waals surface area contributed by atoms with Crippen molar-refractivity contribution in [2.75, 3.05) is 0 Å². The van der Waals surface area contributed by atoms with Crippen LogP contribution in [0, 0.1) is 23.0 Å². The molecule has 3 aromatic rings. The summed E-state index contributed by atoms with van der Waals surface area (Å²) in [5.41, 5.74) is 3.72. The number of non-ortho nitro benzene ring substituents is 1. The van der Waals surface area contributed by atoms with Gasteiger partial charge in [0.25, 0.3) is 11.6 Å². The number of aryl methyl sites for hydroxylation is 1. The lowest BCUT2D eigenvalue weighted by atomic mass is 10.0. The molecule has 10 nitrogen and oxygen atoms in total. The molecule has 0 radical (unpaired) electrons. The molecule has 0 saturated heterocycles. The standard InChI is InChI=1S/C24H26N4O6S/c1-16(2)13-22(27-35(32,33)21-10-7-17(3)8-11-21)24(29)26-25-15-20-9-12-23(34-20)18-5-4-6-19(14-18)28(30)31/h4-12,14-16,22,27H,13H2,1-3H3,(H,26,29)/b25-15-/t22-/m0/s1. The van der Waals surface area contributed by atoms with Crippen LogP contribution in [0.5, 0.6) is 0 Å². The molecule has 0 spiro atoms. The zero-order valence-corrected chi connectivity index (χ0v) is 20.3. The first kappa shape index (κ1) is 25.8. The second kappa shape index (κ2) is 11.1. The van der Waals surface area contributed by atoms with Crippen molar-refractivity contribution >= 4 is 27.8 Å². The normalized spacial score (nSPS) is 12.7. The first-order valence-electron chi connectivity index (χ1n) is 10.8. The Morgan fingerprint density at radius 3 is 2.51 bits per heavy atom. The number of carbonyl (C=O) groups is 1. The van der Waals surface area contributed by atoms with E-state index in [0.29, 0.717) is 17.1 Å². The van der Waals surface area contributed by atoms with Crippen LogP contribution in [-0.2, 0) is 14.8 Å². The average molecular weight is 499 g/mol. The summed E-state index contributed by atoms with van der Waals surface area (Å²) >= 11 is 0. The van der Waals surface area contributed by atoms with Crippen molar-refractivity contribution < 1.29 is 22.6 Å². The Morgan fingerprint density at radius 1 is 1.14 bits per heavy atom. The molecule has 1 heterocycles. The van der Waals surface area contributed by atoms with Crippen LogP contribution in [0.1, 0.15) is 31.6 Å². The van der Waals surface area contributed by atoms with E-state index in [2.05, 4.69) is 15.2 Å². The molecule has 0 unspecified atom stereocenters. The van der Waals surface area contributed by atoms with Crippen molar-refractivity contribution in [2.24, 2.45) is 11.0 Å². The summed E-state index contributed by atoms with van der Waals surface area (Å²) in [6.07, 6.45) is 1.53. The van der Waals surface area contributed by atoms with Crippen LogP contribution < -0.4 is 10.1 Å². The molecule has 1 amide bonds. The van der Waals surface area contributed by atoms with E-state index in [4.69, 9.17) is 4.42 Å². The highest BCUT2D eigenvalue weighted by molar-refractivity contribution is 7.89. The smallest absolute Gasteiger partial charge is 0.270 e. The maximum absolute atomic E-state index is 12.8. The number of hydrazone groups is 1. The third-order valence-corrected chi connectivity index (χ3v) is 6.47. The topological polar surface area (TPSA) is 144 Å². The van der Waals surface area contributed by atoms with Gasteiger partial charge in [-0.2, -0.15) is 9.82 Å². The Labute approximate surface area is 203 Å². The third kappa shape index (κ3) is 7.08. The van der Waals surface area contributed by atoms with Crippen LogP contribution >= 0.6 is 0 Å². The largest absolute Gasteiger partial charge is 0.455 e. The first-order chi connectivity index (χ1) is 16.5. The summed E-state index contributed by atoms with van der Waals surface area (Å²) in [5, 5.41) is 14.8. The Hall–Kier alpha value is -3.83. The number of carbonyl (C=O) groups excluding carboxylic acids is 1. The molecule has 2 N–H and O–H groups in total. The van der Waals surface area contributed by atoms with Crippen LogP contribution in [0.3, 0.4) is 0 Å². The van der Waals surface area contributed by atoms with Gasteiger partial charge in [0, 0.05) is 17.7 Å². The zero-order chi connectivity index (χ0) is 25.6. The Bertz CT molecular complexity index is 1330. The van der Waals surface area contributed by atoms with Gasteiger partial charge >= 0.3 is 0 Å². The molecule has 0 aliphatic carbocycles. The summed E-state index contributed by atoms with van der Waals surface area (Å²) in [7, 11) is -3.91. The number of nitrogens with one attached hydrogen (secondary N) is 2. The van der Waals surface area contributed by atoms with Gasteiger partial charge in [-0.1, -0.05) is 43.7 Å². The highest BCUT2D eigenvalue weighted by Gasteiger charge is 2.26. The van der Waals surface area contributed by atoms with Crippen molar-refractivity contribution in [3.8, 4) is 11.3 Å². The van der Waals surface area contributed by atoms with E-state index in [1.54, 1.807) is 36.4 Å². The van der Waals surface area contributed by atoms with Gasteiger partial charge in [0.05, 0.1) is 16.0 Å². The second-order valence-electron chi connectivity index (χ2n) is 8.36. The van der Waals surface area contributed by atoms with Gasteiger partial charge in [-0.15, -0.1) is 0 Å². The number of nitro benzene ring substituents is 1. The van der Waals surface area contributed by atoms with Gasteiger partial charge in [-0.3, -0.25) is 14.9 Å². The maximum Gasteiger partial charge on any atom is 0.270 e. The molecule has 1 atom stereocenters. The summed E-state index contributed by atoms with van der Waals surface area (Å²) < 4.78 is 33.6. The van der Waals surface area contributed by atoms with Crippen LogP contribution in [0.4, 0.5) is 5.69 Å². The molecule has 2 aromatic carbocycles. The lowest BCUT2D eigenvalue weighted by Gasteiger charge is -2.19. The summed E-state index contributed by atoms with van der Waals surface area (Å²) in [4.78, 5) is 23.3. The quantitative estimate of drug-likeness (QED) is 0.246. The maximum atomic E-state index is 12.8. The van der Waals surface area contributed by atoms with Gasteiger partial charge in [-0.05, 0) is 43.5 Å². The van der Waals surface area contributed by atoms with Crippen LogP contribution in [-0.4, -0.2) is 31.5 Å². The SMILES string of the molecule is Cc1ccc(S(=O)(=O)N[C@@H](CC(C)C)C(=O)N/N=C\c2ccc(-c3cccc([N+](=O)[O-])c3)o2)cc1. The van der Waals surface area contributed by atoms with E-state index in [1.807, 2.05) is 20.8 Å².